The van der Waals surface area contributed by atoms with Crippen LogP contribution in [0.3, 0.4) is 0 Å². The molecule has 1 aromatic carbocycles. The van der Waals surface area contributed by atoms with Crippen LogP contribution in [0.25, 0.3) is 10.4 Å². The summed E-state index contributed by atoms with van der Waals surface area (Å²) in [5, 5.41) is 29.5. The Balaban J connectivity index is 1.36. The lowest BCUT2D eigenvalue weighted by molar-refractivity contribution is -0.154. The summed E-state index contributed by atoms with van der Waals surface area (Å²) >= 11 is 1.47. The number of carboxylic acids is 1. The second-order valence-corrected chi connectivity index (χ2v) is 11.5. The standard InChI is InChI=1S/C25H31N5O3S/c1-15-9-16(11-17(10-15)28-23-27-14-30(29-23)18-5-4-6-18)20-12-26-22(34-20)25(33)8-7-19(21(31)32)24(2,3)13-25/h9-12,14,18-19,33H,4-8,13H2,1-3H3,(H,28,29)(H,31,32)/t19-,25-/m1/s1. The van der Waals surface area contributed by atoms with Gasteiger partial charge in [0, 0.05) is 11.9 Å². The zero-order valence-corrected chi connectivity index (χ0v) is 20.6. The molecule has 0 bridgehead atoms. The van der Waals surface area contributed by atoms with E-state index in [1.165, 1.54) is 17.8 Å². The van der Waals surface area contributed by atoms with Crippen LogP contribution in [0.4, 0.5) is 11.6 Å². The maximum absolute atomic E-state index is 11.6. The Morgan fingerprint density at radius 3 is 2.68 bits per heavy atom. The molecular formula is C25H31N5O3S. The first-order chi connectivity index (χ1) is 16.1. The smallest absolute Gasteiger partial charge is 0.307 e. The zero-order chi connectivity index (χ0) is 24.1. The second kappa shape index (κ2) is 8.46. The number of thiazole rings is 1. The predicted octanol–water partition coefficient (Wildman–Crippen LogP) is 5.28. The van der Waals surface area contributed by atoms with Gasteiger partial charge in [-0.15, -0.1) is 16.4 Å². The normalized spacial score (nSPS) is 24.5. The van der Waals surface area contributed by atoms with Crippen LogP contribution in [0.15, 0.2) is 30.7 Å². The summed E-state index contributed by atoms with van der Waals surface area (Å²) in [7, 11) is 0. The van der Waals surface area contributed by atoms with Crippen LogP contribution >= 0.6 is 11.3 Å². The third-order valence-corrected chi connectivity index (χ3v) is 8.55. The van der Waals surface area contributed by atoms with Crippen molar-refractivity contribution in [2.24, 2.45) is 11.3 Å². The number of carbonyl (C=O) groups is 1. The van der Waals surface area contributed by atoms with Crippen molar-refractivity contribution in [3.05, 3.63) is 41.3 Å². The number of carboxylic acid groups (broad SMARTS) is 1. The molecule has 8 nitrogen and oxygen atoms in total. The molecule has 3 N–H and O–H groups in total. The van der Waals surface area contributed by atoms with Gasteiger partial charge in [-0.05, 0) is 74.1 Å². The van der Waals surface area contributed by atoms with Crippen molar-refractivity contribution in [2.45, 2.75) is 70.9 Å². The van der Waals surface area contributed by atoms with Crippen molar-refractivity contribution in [1.82, 2.24) is 19.7 Å². The summed E-state index contributed by atoms with van der Waals surface area (Å²) in [4.78, 5) is 21.6. The lowest BCUT2D eigenvalue weighted by Gasteiger charge is -2.44. The van der Waals surface area contributed by atoms with E-state index in [0.29, 0.717) is 36.3 Å². The van der Waals surface area contributed by atoms with Gasteiger partial charge in [0.1, 0.15) is 16.9 Å². The number of aromatic nitrogens is 4. The summed E-state index contributed by atoms with van der Waals surface area (Å²) in [6.45, 7) is 5.88. The summed E-state index contributed by atoms with van der Waals surface area (Å²) in [5.74, 6) is -0.669. The molecule has 2 saturated carbocycles. The second-order valence-electron chi connectivity index (χ2n) is 10.5. The lowest BCUT2D eigenvalue weighted by Crippen LogP contribution is -2.44. The number of rotatable bonds is 6. The van der Waals surface area contributed by atoms with Gasteiger partial charge in [0.2, 0.25) is 5.95 Å². The molecule has 2 aromatic heterocycles. The summed E-state index contributed by atoms with van der Waals surface area (Å²) in [6.07, 6.45) is 8.37. The largest absolute Gasteiger partial charge is 0.481 e. The molecule has 0 amide bonds. The Labute approximate surface area is 203 Å². The molecule has 2 heterocycles. The molecule has 3 aromatic rings. The molecule has 0 aliphatic heterocycles. The summed E-state index contributed by atoms with van der Waals surface area (Å²) < 4.78 is 1.94. The fourth-order valence-electron chi connectivity index (χ4n) is 5.29. The number of aliphatic hydroxyl groups is 1. The van der Waals surface area contributed by atoms with E-state index in [4.69, 9.17) is 0 Å². The van der Waals surface area contributed by atoms with E-state index >= 15 is 0 Å². The fourth-order valence-corrected chi connectivity index (χ4v) is 6.31. The SMILES string of the molecule is Cc1cc(Nc2ncn(C3CCC3)n2)cc(-c2cnc([C@@]3(O)CC[C@H](C(=O)O)C(C)(C)C3)s2)c1. The predicted molar refractivity (Wildman–Crippen MR) is 131 cm³/mol. The van der Waals surface area contributed by atoms with Crippen LogP contribution in [0.2, 0.25) is 0 Å². The van der Waals surface area contributed by atoms with Crippen molar-refractivity contribution in [3.63, 3.8) is 0 Å². The number of aryl methyl sites for hydroxylation is 1. The third-order valence-electron chi connectivity index (χ3n) is 7.32. The molecule has 9 heteroatoms. The van der Waals surface area contributed by atoms with Crippen molar-refractivity contribution >= 4 is 28.9 Å². The van der Waals surface area contributed by atoms with E-state index in [1.807, 2.05) is 31.5 Å². The van der Waals surface area contributed by atoms with Crippen LogP contribution in [0.1, 0.15) is 69.0 Å². The van der Waals surface area contributed by atoms with Gasteiger partial charge in [0.25, 0.3) is 0 Å². The average molecular weight is 482 g/mol. The molecule has 2 atom stereocenters. The minimum absolute atomic E-state index is 0.375. The Morgan fingerprint density at radius 2 is 2.00 bits per heavy atom. The molecule has 0 radical (unpaired) electrons. The fraction of sp³-hybridized carbons (Fsp3) is 0.520. The molecule has 0 unspecified atom stereocenters. The maximum atomic E-state index is 11.6. The number of aliphatic carboxylic acids is 1. The molecule has 34 heavy (non-hydrogen) atoms. The molecule has 2 aliphatic rings. The van der Waals surface area contributed by atoms with Crippen molar-refractivity contribution in [2.75, 3.05) is 5.32 Å². The summed E-state index contributed by atoms with van der Waals surface area (Å²) in [6, 6.07) is 6.66. The molecule has 180 valence electrons. The number of benzene rings is 1. The van der Waals surface area contributed by atoms with Gasteiger partial charge in [-0.1, -0.05) is 19.9 Å². The molecule has 2 fully saturated rings. The molecule has 2 aliphatic carbocycles. The maximum Gasteiger partial charge on any atom is 0.307 e. The Kier molecular flexibility index (Phi) is 5.72. The van der Waals surface area contributed by atoms with Gasteiger partial charge in [-0.2, -0.15) is 0 Å². The van der Waals surface area contributed by atoms with Gasteiger partial charge in [-0.3, -0.25) is 4.79 Å². The molecular weight excluding hydrogens is 450 g/mol. The highest BCUT2D eigenvalue weighted by Gasteiger charge is 2.49. The highest BCUT2D eigenvalue weighted by molar-refractivity contribution is 7.15. The Hall–Kier alpha value is -2.78. The van der Waals surface area contributed by atoms with Crippen LogP contribution in [-0.2, 0) is 10.4 Å². The lowest BCUT2D eigenvalue weighted by atomic mass is 9.63. The first-order valence-electron chi connectivity index (χ1n) is 11.8. The van der Waals surface area contributed by atoms with Gasteiger partial charge >= 0.3 is 5.97 Å². The molecule has 0 saturated heterocycles. The van der Waals surface area contributed by atoms with E-state index in [9.17, 15) is 15.0 Å². The van der Waals surface area contributed by atoms with Gasteiger partial charge in [0.15, 0.2) is 0 Å². The minimum Gasteiger partial charge on any atom is -0.481 e. The summed E-state index contributed by atoms with van der Waals surface area (Å²) in [5.41, 5.74) is 1.38. The highest BCUT2D eigenvalue weighted by atomic mass is 32.1. The zero-order valence-electron chi connectivity index (χ0n) is 19.8. The van der Waals surface area contributed by atoms with Crippen LogP contribution in [-0.4, -0.2) is 35.9 Å². The van der Waals surface area contributed by atoms with Crippen molar-refractivity contribution in [3.8, 4) is 10.4 Å². The quantitative estimate of drug-likeness (QED) is 0.439. The van der Waals surface area contributed by atoms with Crippen LogP contribution in [0.5, 0.6) is 0 Å². The number of anilines is 2. The van der Waals surface area contributed by atoms with Gasteiger partial charge in [0.05, 0.1) is 16.8 Å². The van der Waals surface area contributed by atoms with Crippen LogP contribution < -0.4 is 5.32 Å². The van der Waals surface area contributed by atoms with E-state index in [0.717, 1.165) is 34.5 Å². The van der Waals surface area contributed by atoms with E-state index < -0.39 is 22.9 Å². The highest BCUT2D eigenvalue weighted by Crippen LogP contribution is 2.51. The number of hydrogen-bond acceptors (Lipinski definition) is 7. The Morgan fingerprint density at radius 1 is 1.21 bits per heavy atom. The van der Waals surface area contributed by atoms with Gasteiger partial charge < -0.3 is 15.5 Å². The topological polar surface area (TPSA) is 113 Å². The third kappa shape index (κ3) is 4.34. The number of nitrogens with one attached hydrogen (secondary N) is 1. The first-order valence-corrected chi connectivity index (χ1v) is 12.7. The Bertz CT molecular complexity index is 1210. The minimum atomic E-state index is -1.11. The number of nitrogens with zero attached hydrogens (tertiary/aromatic N) is 4. The average Bonchev–Trinajstić information content (AvgIpc) is 3.35. The first kappa shape index (κ1) is 23.0. The van der Waals surface area contributed by atoms with Crippen LogP contribution in [0, 0.1) is 18.3 Å². The molecule has 5 rings (SSSR count). The van der Waals surface area contributed by atoms with E-state index in [2.05, 4.69) is 32.5 Å². The van der Waals surface area contributed by atoms with Crippen molar-refractivity contribution in [1.29, 1.82) is 0 Å². The number of hydrogen-bond donors (Lipinski definition) is 3. The monoisotopic (exact) mass is 481 g/mol. The van der Waals surface area contributed by atoms with Crippen molar-refractivity contribution < 1.29 is 15.0 Å². The molecule has 0 spiro atoms. The van der Waals surface area contributed by atoms with E-state index in [-0.39, 0.29) is 0 Å². The van der Waals surface area contributed by atoms with E-state index in [1.54, 1.807) is 12.5 Å². The van der Waals surface area contributed by atoms with Gasteiger partial charge in [-0.25, -0.2) is 14.6 Å².